The predicted octanol–water partition coefficient (Wildman–Crippen LogP) is 2.25. The quantitative estimate of drug-likeness (QED) is 0.564. The zero-order valence-electron chi connectivity index (χ0n) is 14.2. The third-order valence-electron chi connectivity index (χ3n) is 3.81. The van der Waals surface area contributed by atoms with Gasteiger partial charge in [-0.2, -0.15) is 15.0 Å². The van der Waals surface area contributed by atoms with E-state index in [9.17, 15) is 5.26 Å². The number of rotatable bonds is 3. The maximum atomic E-state index is 9.47. The molecule has 0 fully saturated rings. The van der Waals surface area contributed by atoms with E-state index in [-0.39, 0.29) is 5.82 Å². The fourth-order valence-electron chi connectivity index (χ4n) is 2.53. The van der Waals surface area contributed by atoms with Gasteiger partial charge in [-0.3, -0.25) is 5.10 Å². The molecule has 0 unspecified atom stereocenters. The van der Waals surface area contributed by atoms with Crippen LogP contribution >= 0.6 is 0 Å². The van der Waals surface area contributed by atoms with Crippen molar-refractivity contribution in [2.24, 2.45) is 10.2 Å². The number of nitrogens with one attached hydrogen (secondary N) is 1. The molecule has 0 saturated heterocycles. The summed E-state index contributed by atoms with van der Waals surface area (Å²) in [6.07, 6.45) is 3.18. The molecule has 0 saturated carbocycles. The normalized spacial score (nSPS) is 11.5. The molecular formula is C15H13N11. The maximum Gasteiger partial charge on any atom is 0.252 e. The molecule has 0 spiro atoms. The smallest absolute Gasteiger partial charge is 0.252 e. The van der Waals surface area contributed by atoms with Crippen LogP contribution in [0.5, 0.6) is 0 Å². The molecule has 0 aliphatic heterocycles. The monoisotopic (exact) mass is 347 g/mol. The van der Waals surface area contributed by atoms with Gasteiger partial charge < -0.3 is 0 Å². The van der Waals surface area contributed by atoms with Crippen molar-refractivity contribution in [3.8, 4) is 12.0 Å². The van der Waals surface area contributed by atoms with Gasteiger partial charge in [-0.15, -0.1) is 20.4 Å². The van der Waals surface area contributed by atoms with Crippen LogP contribution in [0.15, 0.2) is 28.7 Å². The highest BCUT2D eigenvalue weighted by molar-refractivity contribution is 5.66. The topological polar surface area (TPSA) is 138 Å². The van der Waals surface area contributed by atoms with Gasteiger partial charge in [0.05, 0.1) is 11.4 Å². The Morgan fingerprint density at radius 3 is 2.62 bits per heavy atom. The maximum absolute atomic E-state index is 9.47. The standard InChI is InChI=1S/C15H13N11/c1-8-11(7-16)13(26(23-8)15-17-5-4-6-18-15)21-20-12-9(2)24-25-10(3)19-22-14(12)25/h4-6,24H,1-3H3. The number of aryl methyl sites for hydroxylation is 3. The minimum Gasteiger partial charge on any atom is -0.293 e. The van der Waals surface area contributed by atoms with Crippen molar-refractivity contribution in [1.29, 1.82) is 5.26 Å². The lowest BCUT2D eigenvalue weighted by molar-refractivity contribution is 0.793. The van der Waals surface area contributed by atoms with Gasteiger partial charge in [-0.25, -0.2) is 14.5 Å². The Labute approximate surface area is 147 Å². The molecule has 0 aromatic carbocycles. The number of hydrogen-bond donors (Lipinski definition) is 1. The predicted molar refractivity (Wildman–Crippen MR) is 89.6 cm³/mol. The van der Waals surface area contributed by atoms with E-state index in [0.29, 0.717) is 34.4 Å². The molecule has 0 aliphatic rings. The molecular weight excluding hydrogens is 334 g/mol. The zero-order valence-corrected chi connectivity index (χ0v) is 14.2. The number of nitrogens with zero attached hydrogens (tertiary/aromatic N) is 10. The van der Waals surface area contributed by atoms with E-state index in [0.717, 1.165) is 5.69 Å². The van der Waals surface area contributed by atoms with Crippen LogP contribution in [-0.4, -0.2) is 39.6 Å². The Kier molecular flexibility index (Phi) is 3.51. The van der Waals surface area contributed by atoms with E-state index in [4.69, 9.17) is 0 Å². The lowest BCUT2D eigenvalue weighted by atomic mass is 10.3. The molecule has 0 amide bonds. The largest absolute Gasteiger partial charge is 0.293 e. The first-order valence-electron chi connectivity index (χ1n) is 7.69. The molecule has 11 nitrogen and oxygen atoms in total. The van der Waals surface area contributed by atoms with Crippen molar-refractivity contribution in [2.75, 3.05) is 0 Å². The van der Waals surface area contributed by atoms with Crippen LogP contribution in [0.25, 0.3) is 11.6 Å². The second kappa shape index (κ2) is 5.85. The highest BCUT2D eigenvalue weighted by Crippen LogP contribution is 2.29. The molecule has 0 aliphatic carbocycles. The number of azo groups is 1. The highest BCUT2D eigenvalue weighted by atomic mass is 15.4. The molecule has 128 valence electrons. The van der Waals surface area contributed by atoms with Gasteiger partial charge >= 0.3 is 0 Å². The number of aromatic nitrogens is 8. The summed E-state index contributed by atoms with van der Waals surface area (Å²) < 4.78 is 3.11. The fraction of sp³-hybridized carbons (Fsp3) is 0.200. The van der Waals surface area contributed by atoms with Crippen molar-refractivity contribution in [3.63, 3.8) is 0 Å². The van der Waals surface area contributed by atoms with Gasteiger partial charge in [-0.05, 0) is 26.8 Å². The van der Waals surface area contributed by atoms with Gasteiger partial charge in [-0.1, -0.05) is 0 Å². The minimum absolute atomic E-state index is 0.256. The Bertz CT molecular complexity index is 1170. The molecule has 11 heteroatoms. The summed E-state index contributed by atoms with van der Waals surface area (Å²) in [5.41, 5.74) is 2.69. The Morgan fingerprint density at radius 2 is 1.88 bits per heavy atom. The first kappa shape index (κ1) is 15.6. The lowest BCUT2D eigenvalue weighted by Gasteiger charge is -2.00. The van der Waals surface area contributed by atoms with E-state index in [1.807, 2.05) is 13.8 Å². The number of H-pyrrole nitrogens is 1. The summed E-state index contributed by atoms with van der Waals surface area (Å²) in [4.78, 5) is 8.32. The first-order chi connectivity index (χ1) is 12.6. The SMILES string of the molecule is Cc1nn(-c2ncccn2)c(N=Nc2c(C)[nH]n3c(C)nnc23)c1C#N. The molecule has 0 bridgehead atoms. The molecule has 4 aromatic heterocycles. The van der Waals surface area contributed by atoms with E-state index in [1.165, 1.54) is 4.68 Å². The molecule has 1 N–H and O–H groups in total. The van der Waals surface area contributed by atoms with Crippen LogP contribution in [0.4, 0.5) is 11.5 Å². The lowest BCUT2D eigenvalue weighted by Crippen LogP contribution is -2.01. The van der Waals surface area contributed by atoms with E-state index >= 15 is 0 Å². The van der Waals surface area contributed by atoms with Crippen LogP contribution in [-0.2, 0) is 0 Å². The third kappa shape index (κ3) is 2.32. The summed E-state index contributed by atoms with van der Waals surface area (Å²) in [5, 5.41) is 33.5. The van der Waals surface area contributed by atoms with E-state index in [2.05, 4.69) is 46.7 Å². The van der Waals surface area contributed by atoms with E-state index in [1.54, 1.807) is 29.9 Å². The fourth-order valence-corrected chi connectivity index (χ4v) is 2.53. The van der Waals surface area contributed by atoms with Gasteiger partial charge in [0.2, 0.25) is 5.65 Å². The molecule has 4 aromatic rings. The molecule has 26 heavy (non-hydrogen) atoms. The number of hydrogen-bond acceptors (Lipinski definition) is 8. The average Bonchev–Trinajstić information content (AvgIpc) is 3.27. The zero-order chi connectivity index (χ0) is 18.3. The van der Waals surface area contributed by atoms with Crippen molar-refractivity contribution >= 4 is 17.2 Å². The number of nitriles is 1. The van der Waals surface area contributed by atoms with Gasteiger partial charge in [0.1, 0.15) is 17.5 Å². The average molecular weight is 347 g/mol. The number of fused-ring (bicyclic) bond motifs is 1. The van der Waals surface area contributed by atoms with Crippen molar-refractivity contribution in [1.82, 2.24) is 39.6 Å². The molecule has 4 heterocycles. The number of aromatic amines is 1. The van der Waals surface area contributed by atoms with Gasteiger partial charge in [0, 0.05) is 12.4 Å². The summed E-state index contributed by atoms with van der Waals surface area (Å²) in [7, 11) is 0. The summed E-state index contributed by atoms with van der Waals surface area (Å²) in [6, 6.07) is 3.80. The second-order valence-corrected chi connectivity index (χ2v) is 5.55. The van der Waals surface area contributed by atoms with Crippen molar-refractivity contribution < 1.29 is 0 Å². The summed E-state index contributed by atoms with van der Waals surface area (Å²) in [6.45, 7) is 5.41. The Morgan fingerprint density at radius 1 is 1.12 bits per heavy atom. The van der Waals surface area contributed by atoms with E-state index < -0.39 is 0 Å². The third-order valence-corrected chi connectivity index (χ3v) is 3.81. The van der Waals surface area contributed by atoms with Gasteiger partial charge in [0.25, 0.3) is 5.95 Å². The summed E-state index contributed by atoms with van der Waals surface area (Å²) in [5.74, 6) is 1.27. The minimum atomic E-state index is 0.256. The van der Waals surface area contributed by atoms with Crippen molar-refractivity contribution in [2.45, 2.75) is 20.8 Å². The molecule has 4 rings (SSSR count). The van der Waals surface area contributed by atoms with Crippen LogP contribution in [0.1, 0.15) is 22.8 Å². The first-order valence-corrected chi connectivity index (χ1v) is 7.69. The Hall–Kier alpha value is -3.94. The van der Waals surface area contributed by atoms with Crippen molar-refractivity contribution in [3.05, 3.63) is 41.2 Å². The summed E-state index contributed by atoms with van der Waals surface area (Å²) >= 11 is 0. The van der Waals surface area contributed by atoms with Crippen LogP contribution in [0.3, 0.4) is 0 Å². The van der Waals surface area contributed by atoms with Crippen LogP contribution < -0.4 is 0 Å². The molecule has 0 atom stereocenters. The Balaban J connectivity index is 1.87. The molecule has 0 radical (unpaired) electrons. The van der Waals surface area contributed by atoms with Crippen LogP contribution in [0, 0.1) is 32.1 Å². The second-order valence-electron chi connectivity index (χ2n) is 5.55. The highest BCUT2D eigenvalue weighted by Gasteiger charge is 2.19. The van der Waals surface area contributed by atoms with Gasteiger partial charge in [0.15, 0.2) is 11.5 Å². The van der Waals surface area contributed by atoms with Crippen LogP contribution in [0.2, 0.25) is 0 Å².